The van der Waals surface area contributed by atoms with E-state index in [1.54, 1.807) is 0 Å². The van der Waals surface area contributed by atoms with Crippen LogP contribution in [0.5, 0.6) is 0 Å². The van der Waals surface area contributed by atoms with Gasteiger partial charge >= 0.3 is 0 Å². The molecule has 0 unspecified atom stereocenters. The predicted octanol–water partition coefficient (Wildman–Crippen LogP) is 1.32. The Morgan fingerprint density at radius 3 is 2.64 bits per heavy atom. The van der Waals surface area contributed by atoms with Gasteiger partial charge in [0.25, 0.3) is 0 Å². The van der Waals surface area contributed by atoms with Crippen molar-refractivity contribution in [3.8, 4) is 6.07 Å². The van der Waals surface area contributed by atoms with Crippen LogP contribution in [-0.4, -0.2) is 57.8 Å². The largest absolute Gasteiger partial charge is 0.387 e. The quantitative estimate of drug-likeness (QED) is 0.911. The molecule has 0 aromatic carbocycles. The maximum Gasteiger partial charge on any atom is 0.120 e. The highest BCUT2D eigenvalue weighted by Gasteiger charge is 2.35. The number of likely N-dealkylation sites (tertiary alicyclic amines) is 2. The van der Waals surface area contributed by atoms with Gasteiger partial charge in [0, 0.05) is 32.9 Å². The highest BCUT2D eigenvalue weighted by Crippen LogP contribution is 2.25. The molecule has 3 rings (SSSR count). The van der Waals surface area contributed by atoms with Crippen molar-refractivity contribution < 1.29 is 5.11 Å². The number of aliphatic hydroxyl groups is 1. The maximum atomic E-state index is 10.9. The van der Waals surface area contributed by atoms with Crippen molar-refractivity contribution in [3.05, 3.63) is 23.5 Å². The lowest BCUT2D eigenvalue weighted by Gasteiger charge is -2.41. The van der Waals surface area contributed by atoms with Gasteiger partial charge < -0.3 is 14.6 Å². The van der Waals surface area contributed by atoms with Crippen LogP contribution in [0.2, 0.25) is 0 Å². The molecule has 0 spiro atoms. The fourth-order valence-electron chi connectivity index (χ4n) is 3.92. The zero-order chi connectivity index (χ0) is 15.6. The predicted molar refractivity (Wildman–Crippen MR) is 85.3 cm³/mol. The molecule has 0 aliphatic carbocycles. The summed E-state index contributed by atoms with van der Waals surface area (Å²) < 4.78 is 1.87. The number of aromatic nitrogens is 1. The van der Waals surface area contributed by atoms with Crippen LogP contribution in [0, 0.1) is 11.3 Å². The number of rotatable bonds is 4. The topological polar surface area (TPSA) is 55.4 Å². The number of hydrogen-bond donors (Lipinski definition) is 1. The minimum Gasteiger partial charge on any atom is -0.387 e. The Bertz CT molecular complexity index is 555. The molecule has 1 aromatic rings. The summed E-state index contributed by atoms with van der Waals surface area (Å²) >= 11 is 0. The van der Waals surface area contributed by atoms with Gasteiger partial charge in [-0.15, -0.1) is 0 Å². The molecule has 120 valence electrons. The van der Waals surface area contributed by atoms with Crippen LogP contribution in [0.25, 0.3) is 0 Å². The third-order valence-electron chi connectivity index (χ3n) is 4.93. The molecule has 0 amide bonds. The summed E-state index contributed by atoms with van der Waals surface area (Å²) in [4.78, 5) is 4.73. The van der Waals surface area contributed by atoms with Gasteiger partial charge in [0.1, 0.15) is 11.8 Å². The third kappa shape index (κ3) is 3.52. The molecule has 3 heterocycles. The van der Waals surface area contributed by atoms with E-state index in [0.29, 0.717) is 5.69 Å². The monoisotopic (exact) mass is 302 g/mol. The molecular weight excluding hydrogens is 276 g/mol. The van der Waals surface area contributed by atoms with Gasteiger partial charge in [0.05, 0.1) is 5.60 Å². The van der Waals surface area contributed by atoms with Crippen molar-refractivity contribution in [1.29, 1.82) is 5.26 Å². The van der Waals surface area contributed by atoms with Crippen LogP contribution in [0.4, 0.5) is 0 Å². The highest BCUT2D eigenvalue weighted by atomic mass is 16.3. The van der Waals surface area contributed by atoms with Gasteiger partial charge in [-0.05, 0) is 56.9 Å². The molecule has 22 heavy (non-hydrogen) atoms. The van der Waals surface area contributed by atoms with E-state index in [1.807, 2.05) is 23.9 Å². The van der Waals surface area contributed by atoms with Crippen molar-refractivity contribution in [2.45, 2.75) is 37.8 Å². The number of nitriles is 1. The summed E-state index contributed by atoms with van der Waals surface area (Å²) in [5, 5.41) is 20.0. The smallest absolute Gasteiger partial charge is 0.120 e. The van der Waals surface area contributed by atoms with Crippen molar-refractivity contribution >= 4 is 0 Å². The average Bonchev–Trinajstić information content (AvgIpc) is 3.08. The molecule has 0 bridgehead atoms. The number of hydrogen-bond acceptors (Lipinski definition) is 4. The number of piperidine rings is 1. The Labute approximate surface area is 132 Å². The molecular formula is C17H26N4O. The summed E-state index contributed by atoms with van der Waals surface area (Å²) in [5.41, 5.74) is 1.28. The summed E-state index contributed by atoms with van der Waals surface area (Å²) in [5.74, 6) is 0. The first kappa shape index (κ1) is 15.5. The summed E-state index contributed by atoms with van der Waals surface area (Å²) in [6.07, 6.45) is 6.49. The second-order valence-corrected chi connectivity index (χ2v) is 6.98. The van der Waals surface area contributed by atoms with E-state index in [4.69, 9.17) is 5.26 Å². The fraction of sp³-hybridized carbons (Fsp3) is 0.706. The van der Waals surface area contributed by atoms with Crippen LogP contribution in [0.3, 0.4) is 0 Å². The minimum atomic E-state index is -0.574. The number of aryl methyl sites for hydroxylation is 1. The summed E-state index contributed by atoms with van der Waals surface area (Å²) in [6, 6.07) is 4.16. The van der Waals surface area contributed by atoms with E-state index >= 15 is 0 Å². The molecule has 1 atom stereocenters. The molecule has 2 aliphatic rings. The van der Waals surface area contributed by atoms with E-state index in [1.165, 1.54) is 12.8 Å². The van der Waals surface area contributed by atoms with Gasteiger partial charge in [0.15, 0.2) is 0 Å². The molecule has 0 radical (unpaired) electrons. The molecule has 0 saturated carbocycles. The van der Waals surface area contributed by atoms with E-state index in [0.717, 1.165) is 57.7 Å². The lowest BCUT2D eigenvalue weighted by molar-refractivity contribution is -0.0519. The van der Waals surface area contributed by atoms with E-state index in [2.05, 4.69) is 15.9 Å². The first-order valence-corrected chi connectivity index (χ1v) is 8.30. The molecule has 2 aliphatic heterocycles. The summed E-state index contributed by atoms with van der Waals surface area (Å²) in [6.45, 7) is 5.65. The minimum absolute atomic E-state index is 0.574. The first-order valence-electron chi connectivity index (χ1n) is 8.30. The molecule has 1 aromatic heterocycles. The lowest BCUT2D eigenvalue weighted by Crippen LogP contribution is -2.53. The van der Waals surface area contributed by atoms with Crippen LogP contribution < -0.4 is 0 Å². The zero-order valence-corrected chi connectivity index (χ0v) is 13.5. The SMILES string of the molecule is Cn1cc(CN2CCC[C@@](O)(CN3CCCC3)C2)cc1C#N. The van der Waals surface area contributed by atoms with Crippen LogP contribution in [0.15, 0.2) is 12.3 Å². The first-order chi connectivity index (χ1) is 10.6. The van der Waals surface area contributed by atoms with E-state index in [9.17, 15) is 5.11 Å². The second-order valence-electron chi connectivity index (χ2n) is 6.98. The van der Waals surface area contributed by atoms with Crippen molar-refractivity contribution in [2.75, 3.05) is 32.7 Å². The van der Waals surface area contributed by atoms with Crippen LogP contribution in [0.1, 0.15) is 36.9 Å². The zero-order valence-electron chi connectivity index (χ0n) is 13.5. The molecule has 5 heteroatoms. The van der Waals surface area contributed by atoms with Gasteiger partial charge in [0.2, 0.25) is 0 Å². The Morgan fingerprint density at radius 1 is 1.23 bits per heavy atom. The van der Waals surface area contributed by atoms with Gasteiger partial charge in [-0.3, -0.25) is 4.90 Å². The maximum absolute atomic E-state index is 10.9. The van der Waals surface area contributed by atoms with E-state index < -0.39 is 5.60 Å². The van der Waals surface area contributed by atoms with Crippen LogP contribution >= 0.6 is 0 Å². The fourth-order valence-corrected chi connectivity index (χ4v) is 3.92. The van der Waals surface area contributed by atoms with Crippen molar-refractivity contribution in [1.82, 2.24) is 14.4 Å². The normalized spacial score (nSPS) is 27.1. The van der Waals surface area contributed by atoms with E-state index in [-0.39, 0.29) is 0 Å². The Hall–Kier alpha value is -1.35. The molecule has 2 saturated heterocycles. The van der Waals surface area contributed by atoms with Gasteiger partial charge in [-0.2, -0.15) is 5.26 Å². The van der Waals surface area contributed by atoms with Crippen molar-refractivity contribution in [2.24, 2.45) is 7.05 Å². The second kappa shape index (κ2) is 6.41. The van der Waals surface area contributed by atoms with Gasteiger partial charge in [-0.1, -0.05) is 0 Å². The standard InChI is InChI=1S/C17H26N4O/c1-19-11-15(9-16(19)10-18)12-21-8-4-5-17(22,14-21)13-20-6-2-3-7-20/h9,11,22H,2-8,12-14H2,1H3/t17-/m1/s1. The summed E-state index contributed by atoms with van der Waals surface area (Å²) in [7, 11) is 1.90. The lowest BCUT2D eigenvalue weighted by atomic mass is 9.92. The molecule has 1 N–H and O–H groups in total. The Morgan fingerprint density at radius 2 is 1.95 bits per heavy atom. The van der Waals surface area contributed by atoms with Crippen LogP contribution in [-0.2, 0) is 13.6 Å². The Kier molecular flexibility index (Phi) is 4.53. The van der Waals surface area contributed by atoms with Crippen molar-refractivity contribution in [3.63, 3.8) is 0 Å². The molecule has 5 nitrogen and oxygen atoms in total. The van der Waals surface area contributed by atoms with Gasteiger partial charge in [-0.25, -0.2) is 0 Å². The number of β-amino-alcohol motifs (C(OH)–C–C–N with tert-alkyl or cyclic N) is 1. The average molecular weight is 302 g/mol. The Balaban J connectivity index is 1.60. The molecule has 2 fully saturated rings. The number of nitrogens with zero attached hydrogens (tertiary/aromatic N) is 4. The third-order valence-corrected chi connectivity index (χ3v) is 4.93. The highest BCUT2D eigenvalue weighted by molar-refractivity contribution is 5.28.